The normalized spacial score (nSPS) is 14.0. The lowest BCUT2D eigenvalue weighted by Crippen LogP contribution is -2.32. The summed E-state index contributed by atoms with van der Waals surface area (Å²) in [4.78, 5) is 27.1. The fourth-order valence-corrected chi connectivity index (χ4v) is 4.12. The summed E-state index contributed by atoms with van der Waals surface area (Å²) in [6.45, 7) is 3.95. The quantitative estimate of drug-likeness (QED) is 0.449. The molecule has 1 amide bonds. The Kier molecular flexibility index (Phi) is 7.53. The molecule has 0 N–H and O–H groups in total. The molecule has 1 atom stereocenters. The number of rotatable bonds is 8. The first-order valence-corrected chi connectivity index (χ1v) is 11.4. The van der Waals surface area contributed by atoms with E-state index in [9.17, 15) is 9.59 Å². The van der Waals surface area contributed by atoms with Crippen molar-refractivity contribution in [2.45, 2.75) is 32.4 Å². The molecule has 0 aliphatic carbocycles. The van der Waals surface area contributed by atoms with E-state index in [0.717, 1.165) is 22.4 Å². The van der Waals surface area contributed by atoms with Crippen molar-refractivity contribution in [2.75, 3.05) is 19.8 Å². The van der Waals surface area contributed by atoms with Crippen molar-refractivity contribution in [2.24, 2.45) is 0 Å². The Balaban J connectivity index is 1.48. The SMILES string of the molecule is CCOC(c1ccccc1)c1ccc2c(c1)CN(C(=O)CCC(=O)c1ccccc1)CCO2. The van der Waals surface area contributed by atoms with Gasteiger partial charge in [-0.05, 0) is 30.2 Å². The molecule has 1 aliphatic rings. The van der Waals surface area contributed by atoms with Crippen molar-refractivity contribution in [1.29, 1.82) is 0 Å². The van der Waals surface area contributed by atoms with Gasteiger partial charge in [-0.25, -0.2) is 0 Å². The molecule has 0 saturated heterocycles. The van der Waals surface area contributed by atoms with E-state index in [1.54, 1.807) is 17.0 Å². The van der Waals surface area contributed by atoms with Gasteiger partial charge in [-0.1, -0.05) is 66.7 Å². The summed E-state index contributed by atoms with van der Waals surface area (Å²) in [5.74, 6) is 0.739. The van der Waals surface area contributed by atoms with Crippen molar-refractivity contribution in [3.8, 4) is 5.75 Å². The molecule has 170 valence electrons. The van der Waals surface area contributed by atoms with E-state index in [1.165, 1.54) is 0 Å². The molecular weight excluding hydrogens is 414 g/mol. The third-order valence-corrected chi connectivity index (χ3v) is 5.82. The predicted octanol–water partition coefficient (Wildman–Crippen LogP) is 5.20. The lowest BCUT2D eigenvalue weighted by Gasteiger charge is -2.22. The van der Waals surface area contributed by atoms with E-state index in [1.807, 2.05) is 55.5 Å². The number of ether oxygens (including phenoxy) is 2. The van der Waals surface area contributed by atoms with Crippen LogP contribution in [0.5, 0.6) is 5.75 Å². The van der Waals surface area contributed by atoms with Crippen molar-refractivity contribution in [3.63, 3.8) is 0 Å². The van der Waals surface area contributed by atoms with E-state index in [-0.39, 0.29) is 30.6 Å². The number of carbonyl (C=O) groups is 2. The summed E-state index contributed by atoms with van der Waals surface area (Å²) in [6, 6.07) is 25.3. The van der Waals surface area contributed by atoms with Gasteiger partial charge < -0.3 is 14.4 Å². The molecule has 1 aliphatic heterocycles. The molecule has 1 heterocycles. The monoisotopic (exact) mass is 443 g/mol. The van der Waals surface area contributed by atoms with Crippen LogP contribution in [0.4, 0.5) is 0 Å². The van der Waals surface area contributed by atoms with Gasteiger partial charge in [0.05, 0.1) is 6.54 Å². The van der Waals surface area contributed by atoms with E-state index < -0.39 is 0 Å². The van der Waals surface area contributed by atoms with Crippen LogP contribution < -0.4 is 4.74 Å². The highest BCUT2D eigenvalue weighted by Crippen LogP contribution is 2.31. The minimum Gasteiger partial charge on any atom is -0.491 e. The van der Waals surface area contributed by atoms with E-state index in [2.05, 4.69) is 18.2 Å². The first-order chi connectivity index (χ1) is 16.2. The highest BCUT2D eigenvalue weighted by molar-refractivity contribution is 5.97. The molecule has 1 unspecified atom stereocenters. The number of fused-ring (bicyclic) bond motifs is 1. The summed E-state index contributed by atoms with van der Waals surface area (Å²) in [6.07, 6.45) is 0.208. The van der Waals surface area contributed by atoms with Gasteiger partial charge in [-0.3, -0.25) is 9.59 Å². The topological polar surface area (TPSA) is 55.8 Å². The first kappa shape index (κ1) is 22.7. The van der Waals surface area contributed by atoms with E-state index >= 15 is 0 Å². The van der Waals surface area contributed by atoms with Gasteiger partial charge >= 0.3 is 0 Å². The Morgan fingerprint density at radius 1 is 0.939 bits per heavy atom. The van der Waals surface area contributed by atoms with Crippen LogP contribution >= 0.6 is 0 Å². The van der Waals surface area contributed by atoms with Crippen molar-refractivity contribution in [3.05, 3.63) is 101 Å². The van der Waals surface area contributed by atoms with Crippen LogP contribution in [0.2, 0.25) is 0 Å². The fraction of sp³-hybridized carbons (Fsp3) is 0.286. The van der Waals surface area contributed by atoms with E-state index in [0.29, 0.717) is 31.9 Å². The molecular formula is C28H29NO4. The van der Waals surface area contributed by atoms with Crippen LogP contribution in [-0.2, 0) is 16.1 Å². The number of carbonyl (C=O) groups excluding carboxylic acids is 2. The van der Waals surface area contributed by atoms with Crippen LogP contribution in [0.3, 0.4) is 0 Å². The molecule has 5 heteroatoms. The van der Waals surface area contributed by atoms with Crippen molar-refractivity contribution < 1.29 is 19.1 Å². The lowest BCUT2D eigenvalue weighted by atomic mass is 9.98. The number of ketones is 1. The number of Topliss-reactive ketones (excluding diaryl/α,β-unsaturated/α-hetero) is 1. The highest BCUT2D eigenvalue weighted by atomic mass is 16.5. The minimum absolute atomic E-state index is 0.0138. The van der Waals surface area contributed by atoms with E-state index in [4.69, 9.17) is 9.47 Å². The van der Waals surface area contributed by atoms with Gasteiger partial charge in [0.1, 0.15) is 18.5 Å². The molecule has 3 aromatic rings. The third kappa shape index (κ3) is 5.68. The standard InChI is InChI=1S/C28H29NO4/c1-2-32-28(22-11-7-4-8-12-22)23-13-15-26-24(19-23)20-29(17-18-33-26)27(31)16-14-25(30)21-9-5-3-6-10-21/h3-13,15,19,28H,2,14,16-18,20H2,1H3. The zero-order valence-corrected chi connectivity index (χ0v) is 18.9. The minimum atomic E-state index is -0.183. The molecule has 0 aromatic heterocycles. The Labute approximate surface area is 194 Å². The Bertz CT molecular complexity index is 1080. The number of hydrogen-bond donors (Lipinski definition) is 0. The van der Waals surface area contributed by atoms with Gasteiger partial charge in [0.15, 0.2) is 5.78 Å². The molecule has 0 fully saturated rings. The second-order valence-electron chi connectivity index (χ2n) is 8.07. The highest BCUT2D eigenvalue weighted by Gasteiger charge is 2.23. The van der Waals surface area contributed by atoms with Gasteiger partial charge in [0.25, 0.3) is 0 Å². The first-order valence-electron chi connectivity index (χ1n) is 11.4. The average molecular weight is 444 g/mol. The zero-order valence-electron chi connectivity index (χ0n) is 18.9. The number of benzene rings is 3. The van der Waals surface area contributed by atoms with Gasteiger partial charge in [-0.15, -0.1) is 0 Å². The largest absolute Gasteiger partial charge is 0.491 e. The molecule has 0 radical (unpaired) electrons. The summed E-state index contributed by atoms with van der Waals surface area (Å²) in [5, 5.41) is 0. The smallest absolute Gasteiger partial charge is 0.223 e. The number of amides is 1. The maximum Gasteiger partial charge on any atom is 0.223 e. The van der Waals surface area contributed by atoms with Gasteiger partial charge in [0, 0.05) is 37.1 Å². The predicted molar refractivity (Wildman–Crippen MR) is 127 cm³/mol. The second-order valence-corrected chi connectivity index (χ2v) is 8.07. The summed E-state index contributed by atoms with van der Waals surface area (Å²) in [7, 11) is 0. The Morgan fingerprint density at radius 2 is 1.67 bits per heavy atom. The third-order valence-electron chi connectivity index (χ3n) is 5.82. The molecule has 0 saturated carbocycles. The summed E-state index contributed by atoms with van der Waals surface area (Å²) < 4.78 is 12.0. The van der Waals surface area contributed by atoms with Crippen LogP contribution in [0.1, 0.15) is 52.9 Å². The van der Waals surface area contributed by atoms with Crippen LogP contribution in [-0.4, -0.2) is 36.3 Å². The lowest BCUT2D eigenvalue weighted by molar-refractivity contribution is -0.131. The number of nitrogens with zero attached hydrogens (tertiary/aromatic N) is 1. The second kappa shape index (κ2) is 10.9. The van der Waals surface area contributed by atoms with Gasteiger partial charge in [-0.2, -0.15) is 0 Å². The molecule has 0 bridgehead atoms. The summed E-state index contributed by atoms with van der Waals surface area (Å²) in [5.41, 5.74) is 3.70. The number of hydrogen-bond acceptors (Lipinski definition) is 4. The maximum absolute atomic E-state index is 12.9. The molecule has 0 spiro atoms. The van der Waals surface area contributed by atoms with Gasteiger partial charge in [0.2, 0.25) is 5.91 Å². The molecule has 3 aromatic carbocycles. The zero-order chi connectivity index (χ0) is 23.0. The fourth-order valence-electron chi connectivity index (χ4n) is 4.12. The van der Waals surface area contributed by atoms with Crippen molar-refractivity contribution >= 4 is 11.7 Å². The Hall–Kier alpha value is -3.44. The maximum atomic E-state index is 12.9. The molecule has 4 rings (SSSR count). The van der Waals surface area contributed by atoms with Crippen LogP contribution in [0.15, 0.2) is 78.9 Å². The van der Waals surface area contributed by atoms with Crippen molar-refractivity contribution in [1.82, 2.24) is 4.90 Å². The van der Waals surface area contributed by atoms with Crippen LogP contribution in [0, 0.1) is 0 Å². The molecule has 33 heavy (non-hydrogen) atoms. The summed E-state index contributed by atoms with van der Waals surface area (Å²) >= 11 is 0. The van der Waals surface area contributed by atoms with Crippen LogP contribution in [0.25, 0.3) is 0 Å². The Morgan fingerprint density at radius 3 is 2.39 bits per heavy atom. The average Bonchev–Trinajstić information content (AvgIpc) is 3.08. The molecule has 5 nitrogen and oxygen atoms in total.